The summed E-state index contributed by atoms with van der Waals surface area (Å²) < 4.78 is 0. The van der Waals surface area contributed by atoms with E-state index in [-0.39, 0.29) is 11.1 Å². The Hall–Kier alpha value is -2.36. The minimum Gasteiger partial charge on any atom is -0.545 e. The number of fused-ring (bicyclic) bond motifs is 1. The van der Waals surface area contributed by atoms with Gasteiger partial charge in [0.05, 0.1) is 11.9 Å². The first-order valence-corrected chi connectivity index (χ1v) is 6.50. The lowest BCUT2D eigenvalue weighted by atomic mass is 9.90. The van der Waals surface area contributed by atoms with E-state index in [1.807, 2.05) is 13.8 Å². The molecule has 0 unspecified atom stereocenters. The van der Waals surface area contributed by atoms with E-state index in [9.17, 15) is 19.8 Å². The third-order valence-electron chi connectivity index (χ3n) is 3.50. The molecule has 0 radical (unpaired) electrons. The Bertz CT molecular complexity index is 701. The maximum atomic E-state index is 11.4. The molecule has 2 aromatic carbocycles. The lowest BCUT2D eigenvalue weighted by molar-refractivity contribution is -0.256. The molecule has 4 heteroatoms. The Balaban J connectivity index is 2.86. The topological polar surface area (TPSA) is 80.3 Å². The normalized spacial score (nSPS) is 10.7. The van der Waals surface area contributed by atoms with Gasteiger partial charge in [0.1, 0.15) is 0 Å². The number of carbonyl (C=O) groups is 2. The van der Waals surface area contributed by atoms with Crippen LogP contribution in [-0.2, 0) is 12.8 Å². The van der Waals surface area contributed by atoms with Crippen molar-refractivity contribution < 1.29 is 19.8 Å². The Morgan fingerprint density at radius 2 is 1.70 bits per heavy atom. The minimum absolute atomic E-state index is 0.0859. The molecule has 0 aliphatic rings. The van der Waals surface area contributed by atoms with E-state index in [0.717, 1.165) is 5.39 Å². The van der Waals surface area contributed by atoms with Crippen LogP contribution >= 0.6 is 0 Å². The summed E-state index contributed by atoms with van der Waals surface area (Å²) in [6.07, 6.45) is 1.08. The molecule has 0 atom stereocenters. The Labute approximate surface area is 116 Å². The van der Waals surface area contributed by atoms with Crippen molar-refractivity contribution >= 4 is 22.7 Å². The highest BCUT2D eigenvalue weighted by atomic mass is 16.4. The summed E-state index contributed by atoms with van der Waals surface area (Å²) in [6, 6.07) is 6.29. The third-order valence-corrected chi connectivity index (χ3v) is 3.50. The van der Waals surface area contributed by atoms with Crippen LogP contribution in [0.3, 0.4) is 0 Å². The smallest absolute Gasteiger partial charge is 0.0721 e. The zero-order valence-corrected chi connectivity index (χ0v) is 11.4. The molecule has 0 heterocycles. The number of aryl methyl sites for hydroxylation is 2. The molecule has 0 aliphatic carbocycles. The first-order chi connectivity index (χ1) is 9.49. The van der Waals surface area contributed by atoms with Crippen LogP contribution in [-0.4, -0.2) is 11.9 Å². The fourth-order valence-corrected chi connectivity index (χ4v) is 2.57. The summed E-state index contributed by atoms with van der Waals surface area (Å²) in [7, 11) is 0. The SMILES string of the molecule is CCc1cc2cc(C(=O)[O-])ccc2c(CC)c1C(=O)[O-]. The fraction of sp³-hybridized carbons (Fsp3) is 0.250. The van der Waals surface area contributed by atoms with Gasteiger partial charge in [-0.15, -0.1) is 0 Å². The Kier molecular flexibility index (Phi) is 3.74. The second-order valence-corrected chi connectivity index (χ2v) is 4.61. The number of carbonyl (C=O) groups excluding carboxylic acids is 2. The molecule has 0 amide bonds. The minimum atomic E-state index is -1.24. The van der Waals surface area contributed by atoms with Crippen molar-refractivity contribution in [3.63, 3.8) is 0 Å². The number of hydrogen-bond acceptors (Lipinski definition) is 4. The highest BCUT2D eigenvalue weighted by Crippen LogP contribution is 2.27. The third kappa shape index (κ3) is 2.25. The second kappa shape index (κ2) is 5.33. The molecular formula is C16H14O4-2. The van der Waals surface area contributed by atoms with Crippen LogP contribution in [0, 0.1) is 0 Å². The molecule has 0 saturated heterocycles. The number of carboxylic acid groups (broad SMARTS) is 2. The maximum Gasteiger partial charge on any atom is 0.0721 e. The van der Waals surface area contributed by atoms with E-state index in [1.165, 1.54) is 12.1 Å². The molecule has 0 aliphatic heterocycles. The van der Waals surface area contributed by atoms with Crippen LogP contribution in [0.2, 0.25) is 0 Å². The summed E-state index contributed by atoms with van der Waals surface area (Å²) >= 11 is 0. The van der Waals surface area contributed by atoms with Crippen molar-refractivity contribution in [1.29, 1.82) is 0 Å². The average Bonchev–Trinajstić information content (AvgIpc) is 2.43. The summed E-state index contributed by atoms with van der Waals surface area (Å²) in [5.74, 6) is -2.43. The standard InChI is InChI=1S/C16H16O4/c1-3-9-7-11-8-10(15(17)18)5-6-13(11)12(4-2)14(9)16(19)20/h5-8H,3-4H2,1-2H3,(H,17,18)(H,19,20)/p-2. The van der Waals surface area contributed by atoms with Crippen molar-refractivity contribution in [2.24, 2.45) is 0 Å². The molecule has 2 aromatic rings. The molecule has 0 fully saturated rings. The first kappa shape index (κ1) is 14.1. The zero-order chi connectivity index (χ0) is 14.9. The number of aromatic carboxylic acids is 2. The molecule has 0 saturated carbocycles. The first-order valence-electron chi connectivity index (χ1n) is 6.50. The zero-order valence-electron chi connectivity index (χ0n) is 11.4. The van der Waals surface area contributed by atoms with Gasteiger partial charge in [-0.25, -0.2) is 0 Å². The lowest BCUT2D eigenvalue weighted by Gasteiger charge is -2.18. The van der Waals surface area contributed by atoms with Crippen molar-refractivity contribution in [3.8, 4) is 0 Å². The number of carboxylic acids is 2. The summed E-state index contributed by atoms with van der Waals surface area (Å²) in [6.45, 7) is 3.73. The molecule has 0 aromatic heterocycles. The lowest BCUT2D eigenvalue weighted by Crippen LogP contribution is -2.25. The van der Waals surface area contributed by atoms with E-state index in [0.29, 0.717) is 29.4 Å². The van der Waals surface area contributed by atoms with Crippen molar-refractivity contribution in [2.75, 3.05) is 0 Å². The summed E-state index contributed by atoms with van der Waals surface area (Å²) in [5, 5.41) is 23.7. The van der Waals surface area contributed by atoms with Gasteiger partial charge in [-0.05, 0) is 46.4 Å². The molecule has 0 spiro atoms. The van der Waals surface area contributed by atoms with Gasteiger partial charge in [-0.1, -0.05) is 32.0 Å². The number of benzene rings is 2. The van der Waals surface area contributed by atoms with Crippen LogP contribution in [0.15, 0.2) is 24.3 Å². The van der Waals surface area contributed by atoms with Crippen LogP contribution in [0.1, 0.15) is 45.7 Å². The molecule has 0 bridgehead atoms. The van der Waals surface area contributed by atoms with E-state index >= 15 is 0 Å². The molecule has 4 nitrogen and oxygen atoms in total. The monoisotopic (exact) mass is 270 g/mol. The highest BCUT2D eigenvalue weighted by Gasteiger charge is 2.12. The van der Waals surface area contributed by atoms with Crippen molar-refractivity contribution in [2.45, 2.75) is 26.7 Å². The van der Waals surface area contributed by atoms with Gasteiger partial charge < -0.3 is 19.8 Å². The van der Waals surface area contributed by atoms with Crippen LogP contribution in [0.4, 0.5) is 0 Å². The van der Waals surface area contributed by atoms with Crippen LogP contribution < -0.4 is 10.2 Å². The summed E-state index contributed by atoms with van der Waals surface area (Å²) in [4.78, 5) is 22.3. The number of rotatable bonds is 4. The Morgan fingerprint density at radius 1 is 1.00 bits per heavy atom. The van der Waals surface area contributed by atoms with Gasteiger partial charge >= 0.3 is 0 Å². The molecule has 2 rings (SSSR count). The Morgan fingerprint density at radius 3 is 2.20 bits per heavy atom. The molecule has 104 valence electrons. The average molecular weight is 270 g/mol. The van der Waals surface area contributed by atoms with Crippen molar-refractivity contribution in [1.82, 2.24) is 0 Å². The molecule has 20 heavy (non-hydrogen) atoms. The van der Waals surface area contributed by atoms with Gasteiger partial charge in [-0.3, -0.25) is 0 Å². The maximum absolute atomic E-state index is 11.4. The quantitative estimate of drug-likeness (QED) is 0.818. The second-order valence-electron chi connectivity index (χ2n) is 4.61. The van der Waals surface area contributed by atoms with Gasteiger partial charge in [0.2, 0.25) is 0 Å². The predicted octanol–water partition coefficient (Wildman–Crippen LogP) is 0.692. The largest absolute Gasteiger partial charge is 0.545 e. The van der Waals surface area contributed by atoms with Crippen LogP contribution in [0.5, 0.6) is 0 Å². The van der Waals surface area contributed by atoms with Gasteiger partial charge in [-0.2, -0.15) is 0 Å². The van der Waals surface area contributed by atoms with Crippen LogP contribution in [0.25, 0.3) is 10.8 Å². The summed E-state index contributed by atoms with van der Waals surface area (Å²) in [5.41, 5.74) is 1.65. The predicted molar refractivity (Wildman–Crippen MR) is 71.4 cm³/mol. The van der Waals surface area contributed by atoms with Gasteiger partial charge in [0.15, 0.2) is 0 Å². The molecular weight excluding hydrogens is 256 g/mol. The van der Waals surface area contributed by atoms with Gasteiger partial charge in [0, 0.05) is 5.56 Å². The fourth-order valence-electron chi connectivity index (χ4n) is 2.57. The highest BCUT2D eigenvalue weighted by molar-refractivity contribution is 6.01. The van der Waals surface area contributed by atoms with E-state index in [4.69, 9.17) is 0 Å². The van der Waals surface area contributed by atoms with E-state index < -0.39 is 11.9 Å². The van der Waals surface area contributed by atoms with E-state index in [2.05, 4.69) is 0 Å². The number of hydrogen-bond donors (Lipinski definition) is 0. The van der Waals surface area contributed by atoms with Crippen molar-refractivity contribution in [3.05, 3.63) is 46.5 Å². The van der Waals surface area contributed by atoms with Gasteiger partial charge in [0.25, 0.3) is 0 Å². The van der Waals surface area contributed by atoms with E-state index in [1.54, 1.807) is 12.1 Å². The molecule has 0 N–H and O–H groups in total.